The fourth-order valence-corrected chi connectivity index (χ4v) is 2.86. The van der Waals surface area contributed by atoms with Crippen LogP contribution >= 0.6 is 0 Å². The number of hydrogen-bond donors (Lipinski definition) is 3. The van der Waals surface area contributed by atoms with Crippen molar-refractivity contribution in [2.45, 2.75) is 40.7 Å². The lowest BCUT2D eigenvalue weighted by atomic mass is 10.1. The number of benzene rings is 2. The highest BCUT2D eigenvalue weighted by atomic mass is 16.2. The molecule has 5 nitrogen and oxygen atoms in total. The molecule has 2 amide bonds. The summed E-state index contributed by atoms with van der Waals surface area (Å²) in [6.07, 6.45) is 0. The van der Waals surface area contributed by atoms with Crippen molar-refractivity contribution in [3.05, 3.63) is 58.7 Å². The Balaban J connectivity index is 1.99. The first-order valence-corrected chi connectivity index (χ1v) is 8.78. The van der Waals surface area contributed by atoms with Crippen LogP contribution in [0.3, 0.4) is 0 Å². The molecule has 0 radical (unpaired) electrons. The Bertz CT molecular complexity index is 790. The Hall–Kier alpha value is -2.82. The van der Waals surface area contributed by atoms with Crippen molar-refractivity contribution < 1.29 is 9.59 Å². The van der Waals surface area contributed by atoms with Crippen molar-refractivity contribution in [1.29, 1.82) is 0 Å². The molecule has 2 aromatic rings. The molecule has 0 aliphatic carbocycles. The molecule has 0 unspecified atom stereocenters. The molecule has 5 heteroatoms. The van der Waals surface area contributed by atoms with Gasteiger partial charge < -0.3 is 16.0 Å². The highest BCUT2D eigenvalue weighted by molar-refractivity contribution is 5.97. The topological polar surface area (TPSA) is 70.2 Å². The third-order valence-corrected chi connectivity index (χ3v) is 3.94. The summed E-state index contributed by atoms with van der Waals surface area (Å²) in [5.74, 6) is -0.254. The molecule has 0 bridgehead atoms. The van der Waals surface area contributed by atoms with Crippen molar-refractivity contribution in [3.8, 4) is 0 Å². The lowest BCUT2D eigenvalue weighted by Crippen LogP contribution is -2.30. The van der Waals surface area contributed by atoms with Gasteiger partial charge in [-0.25, -0.2) is 0 Å². The maximum absolute atomic E-state index is 12.3. The van der Waals surface area contributed by atoms with Crippen LogP contribution in [0.4, 0.5) is 11.4 Å². The smallest absolute Gasteiger partial charge is 0.251 e. The van der Waals surface area contributed by atoms with Gasteiger partial charge in [0.05, 0.1) is 6.54 Å². The SMILES string of the molecule is Cc1cc(C)c(NC(=O)CNc2cccc(C(=O)NC(C)C)c2)c(C)c1. The first-order chi connectivity index (χ1) is 12.3. The van der Waals surface area contributed by atoms with Gasteiger partial charge in [-0.3, -0.25) is 9.59 Å². The summed E-state index contributed by atoms with van der Waals surface area (Å²) in [4.78, 5) is 24.4. The van der Waals surface area contributed by atoms with Crippen molar-refractivity contribution in [3.63, 3.8) is 0 Å². The van der Waals surface area contributed by atoms with Crippen LogP contribution < -0.4 is 16.0 Å². The van der Waals surface area contributed by atoms with Crippen molar-refractivity contribution >= 4 is 23.2 Å². The summed E-state index contributed by atoms with van der Waals surface area (Å²) in [6, 6.07) is 11.3. The summed E-state index contributed by atoms with van der Waals surface area (Å²) in [6.45, 7) is 9.97. The molecular weight excluding hydrogens is 326 g/mol. The number of anilines is 2. The third kappa shape index (κ3) is 5.34. The molecule has 2 aromatic carbocycles. The molecule has 0 saturated heterocycles. The number of carbonyl (C=O) groups excluding carboxylic acids is 2. The molecule has 26 heavy (non-hydrogen) atoms. The van der Waals surface area contributed by atoms with Crippen LogP contribution in [0.5, 0.6) is 0 Å². The van der Waals surface area contributed by atoms with E-state index in [4.69, 9.17) is 0 Å². The molecule has 0 atom stereocenters. The maximum atomic E-state index is 12.3. The van der Waals surface area contributed by atoms with Gasteiger partial charge in [0.2, 0.25) is 5.91 Å². The second-order valence-electron chi connectivity index (χ2n) is 6.88. The molecule has 0 saturated carbocycles. The number of carbonyl (C=O) groups is 2. The summed E-state index contributed by atoms with van der Waals surface area (Å²) in [5, 5.41) is 8.89. The second-order valence-corrected chi connectivity index (χ2v) is 6.88. The maximum Gasteiger partial charge on any atom is 0.251 e. The van der Waals surface area contributed by atoms with Crippen molar-refractivity contribution in [2.75, 3.05) is 17.2 Å². The zero-order valence-electron chi connectivity index (χ0n) is 16.1. The average Bonchev–Trinajstić information content (AvgIpc) is 2.56. The standard InChI is InChI=1S/C21H27N3O2/c1-13(2)23-21(26)17-7-6-8-18(11-17)22-12-19(25)24-20-15(4)9-14(3)10-16(20)5/h6-11,13,22H,12H2,1-5H3,(H,23,26)(H,24,25). The van der Waals surface area contributed by atoms with Gasteiger partial charge in [0.1, 0.15) is 0 Å². The predicted molar refractivity (Wildman–Crippen MR) is 107 cm³/mol. The Morgan fingerprint density at radius 2 is 1.65 bits per heavy atom. The van der Waals surface area contributed by atoms with E-state index in [0.29, 0.717) is 5.56 Å². The van der Waals surface area contributed by atoms with Crippen LogP contribution in [-0.2, 0) is 4.79 Å². The minimum atomic E-state index is -0.128. The molecule has 0 aliphatic heterocycles. The first kappa shape index (κ1) is 19.5. The van der Waals surface area contributed by atoms with E-state index in [1.54, 1.807) is 18.2 Å². The lowest BCUT2D eigenvalue weighted by Gasteiger charge is -2.14. The van der Waals surface area contributed by atoms with E-state index in [1.165, 1.54) is 5.56 Å². The summed E-state index contributed by atoms with van der Waals surface area (Å²) in [7, 11) is 0. The van der Waals surface area contributed by atoms with E-state index in [1.807, 2.05) is 52.8 Å². The quantitative estimate of drug-likeness (QED) is 0.740. The Morgan fingerprint density at radius 3 is 2.27 bits per heavy atom. The minimum absolute atomic E-state index is 0.0749. The Labute approximate surface area is 155 Å². The number of aryl methyl sites for hydroxylation is 3. The van der Waals surface area contributed by atoms with E-state index >= 15 is 0 Å². The van der Waals surface area contributed by atoms with Crippen LogP contribution in [0.15, 0.2) is 36.4 Å². The van der Waals surface area contributed by atoms with E-state index in [9.17, 15) is 9.59 Å². The zero-order chi connectivity index (χ0) is 19.3. The van der Waals surface area contributed by atoms with E-state index in [0.717, 1.165) is 22.5 Å². The Morgan fingerprint density at radius 1 is 1.00 bits per heavy atom. The summed E-state index contributed by atoms with van der Waals surface area (Å²) < 4.78 is 0. The second kappa shape index (κ2) is 8.52. The van der Waals surface area contributed by atoms with Crippen LogP contribution in [0.1, 0.15) is 40.9 Å². The number of amides is 2. The molecule has 2 rings (SSSR count). The number of rotatable bonds is 6. The van der Waals surface area contributed by atoms with Gasteiger partial charge >= 0.3 is 0 Å². The molecule has 0 aromatic heterocycles. The minimum Gasteiger partial charge on any atom is -0.376 e. The fraction of sp³-hybridized carbons (Fsp3) is 0.333. The van der Waals surface area contributed by atoms with E-state index in [2.05, 4.69) is 16.0 Å². The molecular formula is C21H27N3O2. The van der Waals surface area contributed by atoms with Gasteiger partial charge in [-0.15, -0.1) is 0 Å². The van der Waals surface area contributed by atoms with Gasteiger partial charge in [-0.05, 0) is 63.9 Å². The normalized spacial score (nSPS) is 10.5. The molecule has 138 valence electrons. The number of nitrogens with one attached hydrogen (secondary N) is 3. The highest BCUT2D eigenvalue weighted by Crippen LogP contribution is 2.21. The van der Waals surface area contributed by atoms with E-state index in [-0.39, 0.29) is 24.4 Å². The van der Waals surface area contributed by atoms with Gasteiger partial charge in [-0.1, -0.05) is 23.8 Å². The average molecular weight is 353 g/mol. The number of hydrogen-bond acceptors (Lipinski definition) is 3. The van der Waals surface area contributed by atoms with Gasteiger partial charge in [0.15, 0.2) is 0 Å². The summed E-state index contributed by atoms with van der Waals surface area (Å²) in [5.41, 5.74) is 5.41. The van der Waals surface area contributed by atoms with Crippen LogP contribution in [0.25, 0.3) is 0 Å². The molecule has 0 fully saturated rings. The van der Waals surface area contributed by atoms with Crippen molar-refractivity contribution in [1.82, 2.24) is 5.32 Å². The van der Waals surface area contributed by atoms with Gasteiger partial charge in [0, 0.05) is 23.0 Å². The molecule has 0 aliphatic rings. The predicted octanol–water partition coefficient (Wildman–Crippen LogP) is 3.80. The zero-order valence-corrected chi connectivity index (χ0v) is 16.1. The monoisotopic (exact) mass is 353 g/mol. The Kier molecular flexibility index (Phi) is 6.39. The molecule has 3 N–H and O–H groups in total. The lowest BCUT2D eigenvalue weighted by molar-refractivity contribution is -0.114. The highest BCUT2D eigenvalue weighted by Gasteiger charge is 2.10. The third-order valence-electron chi connectivity index (χ3n) is 3.94. The summed E-state index contributed by atoms with van der Waals surface area (Å²) >= 11 is 0. The molecule has 0 heterocycles. The molecule has 0 spiro atoms. The van der Waals surface area contributed by atoms with E-state index < -0.39 is 0 Å². The van der Waals surface area contributed by atoms with Gasteiger partial charge in [-0.2, -0.15) is 0 Å². The van der Waals surface area contributed by atoms with Crippen LogP contribution in [-0.4, -0.2) is 24.4 Å². The van der Waals surface area contributed by atoms with Gasteiger partial charge in [0.25, 0.3) is 5.91 Å². The van der Waals surface area contributed by atoms with Crippen LogP contribution in [0, 0.1) is 20.8 Å². The van der Waals surface area contributed by atoms with Crippen molar-refractivity contribution in [2.24, 2.45) is 0 Å². The first-order valence-electron chi connectivity index (χ1n) is 8.78. The van der Waals surface area contributed by atoms with Crippen LogP contribution in [0.2, 0.25) is 0 Å². The largest absolute Gasteiger partial charge is 0.376 e. The fourth-order valence-electron chi connectivity index (χ4n) is 2.86.